The van der Waals surface area contributed by atoms with Crippen LogP contribution >= 0.6 is 0 Å². The van der Waals surface area contributed by atoms with Crippen molar-refractivity contribution >= 4 is 17.1 Å². The maximum Gasteiger partial charge on any atom is 0.303 e. The number of ether oxygens (including phenoxy) is 2. The highest BCUT2D eigenvalue weighted by Gasteiger charge is 2.24. The minimum absolute atomic E-state index is 0.0355. The molecule has 0 radical (unpaired) electrons. The fraction of sp³-hybridized carbons (Fsp3) is 0.308. The summed E-state index contributed by atoms with van der Waals surface area (Å²) in [7, 11) is 1.53. The monoisotopic (exact) mass is 476 g/mol. The van der Waals surface area contributed by atoms with Crippen molar-refractivity contribution in [2.45, 2.75) is 38.2 Å². The molecule has 0 saturated heterocycles. The molecule has 1 aliphatic rings. The number of aromatic amines is 1. The number of imidazole rings is 1. The van der Waals surface area contributed by atoms with E-state index < -0.39 is 11.8 Å². The summed E-state index contributed by atoms with van der Waals surface area (Å²) in [5, 5.41) is 8.95. The first-order chi connectivity index (χ1) is 17.0. The van der Waals surface area contributed by atoms with Gasteiger partial charge in [-0.1, -0.05) is 6.07 Å². The molecule has 3 heterocycles. The molecule has 180 valence electrons. The summed E-state index contributed by atoms with van der Waals surface area (Å²) in [6.07, 6.45) is 5.24. The Balaban J connectivity index is 1.26. The summed E-state index contributed by atoms with van der Waals surface area (Å²) in [5.41, 5.74) is 2.95. The summed E-state index contributed by atoms with van der Waals surface area (Å²) in [6, 6.07) is 12.1. The van der Waals surface area contributed by atoms with Crippen molar-refractivity contribution in [3.63, 3.8) is 0 Å². The van der Waals surface area contributed by atoms with E-state index in [1.54, 1.807) is 30.5 Å². The summed E-state index contributed by atoms with van der Waals surface area (Å²) in [5.74, 6) is 0.425. The van der Waals surface area contributed by atoms with Gasteiger partial charge in [-0.2, -0.15) is 4.98 Å². The SMILES string of the molecule is COc1ccc2nc(-c3ccc(-c4ccc(O[C@H]5CC[C@H](CC(=O)O)CC5)nc4)cc3F)[nH]c2n1. The van der Waals surface area contributed by atoms with Crippen LogP contribution in [0.3, 0.4) is 0 Å². The van der Waals surface area contributed by atoms with Gasteiger partial charge < -0.3 is 19.6 Å². The summed E-state index contributed by atoms with van der Waals surface area (Å²) >= 11 is 0. The molecule has 4 aromatic rings. The molecule has 2 N–H and O–H groups in total. The largest absolute Gasteiger partial charge is 0.481 e. The lowest BCUT2D eigenvalue weighted by molar-refractivity contribution is -0.138. The molecule has 3 aromatic heterocycles. The van der Waals surface area contributed by atoms with Crippen LogP contribution in [0, 0.1) is 11.7 Å². The molecule has 0 unspecified atom stereocenters. The Hall–Kier alpha value is -4.01. The first-order valence-electron chi connectivity index (χ1n) is 11.5. The second kappa shape index (κ2) is 9.69. The zero-order valence-corrected chi connectivity index (χ0v) is 19.2. The molecule has 1 saturated carbocycles. The number of fused-ring (bicyclic) bond motifs is 1. The van der Waals surface area contributed by atoms with Gasteiger partial charge in [-0.3, -0.25) is 4.79 Å². The van der Waals surface area contributed by atoms with Gasteiger partial charge in [-0.05, 0) is 61.4 Å². The molecule has 9 heteroatoms. The number of halogens is 1. The lowest BCUT2D eigenvalue weighted by Gasteiger charge is -2.27. The van der Waals surface area contributed by atoms with Crippen LogP contribution in [-0.2, 0) is 4.79 Å². The highest BCUT2D eigenvalue weighted by molar-refractivity contribution is 5.77. The molecular formula is C26H25FN4O4. The fourth-order valence-electron chi connectivity index (χ4n) is 4.50. The Morgan fingerprint density at radius 2 is 1.83 bits per heavy atom. The number of carboxylic acids is 1. The summed E-state index contributed by atoms with van der Waals surface area (Å²) in [6.45, 7) is 0. The number of carbonyl (C=O) groups is 1. The number of methoxy groups -OCH3 is 1. The van der Waals surface area contributed by atoms with Gasteiger partial charge in [0.1, 0.15) is 23.3 Å². The van der Waals surface area contributed by atoms with E-state index in [4.69, 9.17) is 14.6 Å². The molecule has 1 aromatic carbocycles. The van der Waals surface area contributed by atoms with Gasteiger partial charge in [-0.25, -0.2) is 14.4 Å². The number of aliphatic carboxylic acids is 1. The Bertz CT molecular complexity index is 1350. The molecule has 0 spiro atoms. The predicted molar refractivity (Wildman–Crippen MR) is 128 cm³/mol. The number of H-pyrrole nitrogens is 1. The first kappa shape index (κ1) is 22.8. The Morgan fingerprint density at radius 3 is 2.51 bits per heavy atom. The van der Waals surface area contributed by atoms with Gasteiger partial charge in [0.25, 0.3) is 0 Å². The molecule has 1 aliphatic carbocycles. The van der Waals surface area contributed by atoms with Crippen molar-refractivity contribution in [1.82, 2.24) is 19.9 Å². The number of benzene rings is 1. The van der Waals surface area contributed by atoms with Gasteiger partial charge in [0.15, 0.2) is 5.65 Å². The quantitative estimate of drug-likeness (QED) is 0.375. The second-order valence-corrected chi connectivity index (χ2v) is 8.74. The van der Waals surface area contributed by atoms with Gasteiger partial charge in [0.05, 0.1) is 12.7 Å². The minimum atomic E-state index is -0.744. The molecule has 1 fully saturated rings. The van der Waals surface area contributed by atoms with Crippen molar-refractivity contribution in [2.75, 3.05) is 7.11 Å². The predicted octanol–water partition coefficient (Wildman–Crippen LogP) is 5.25. The zero-order valence-electron chi connectivity index (χ0n) is 19.2. The van der Waals surface area contributed by atoms with Crippen LogP contribution in [0.15, 0.2) is 48.7 Å². The second-order valence-electron chi connectivity index (χ2n) is 8.74. The van der Waals surface area contributed by atoms with E-state index in [0.29, 0.717) is 39.9 Å². The Labute approximate surface area is 201 Å². The van der Waals surface area contributed by atoms with E-state index in [0.717, 1.165) is 31.2 Å². The number of hydrogen-bond donors (Lipinski definition) is 2. The molecule has 0 bridgehead atoms. The normalized spacial score (nSPS) is 17.9. The van der Waals surface area contributed by atoms with E-state index in [2.05, 4.69) is 19.9 Å². The Morgan fingerprint density at radius 1 is 1.06 bits per heavy atom. The fourth-order valence-corrected chi connectivity index (χ4v) is 4.50. The smallest absolute Gasteiger partial charge is 0.303 e. The highest BCUT2D eigenvalue weighted by atomic mass is 19.1. The van der Waals surface area contributed by atoms with Gasteiger partial charge in [-0.15, -0.1) is 0 Å². The number of aromatic nitrogens is 4. The van der Waals surface area contributed by atoms with E-state index in [1.807, 2.05) is 12.1 Å². The molecule has 5 rings (SSSR count). The standard InChI is InChI=1S/C26H25FN4O4/c1-34-23-11-9-21-26(30-23)31-25(29-21)19-8-4-16(13-20(19)27)17-5-10-22(28-14-17)35-18-6-2-15(3-7-18)12-24(32)33/h4-5,8-11,13-15,18H,2-3,6-7,12H2,1H3,(H,32,33)(H,29,30,31)/t15-,18-. The molecule has 0 atom stereocenters. The maximum atomic E-state index is 15.0. The van der Waals surface area contributed by atoms with Crippen LogP contribution in [0.5, 0.6) is 11.8 Å². The highest BCUT2D eigenvalue weighted by Crippen LogP contribution is 2.31. The number of rotatable bonds is 7. The van der Waals surface area contributed by atoms with Crippen molar-refractivity contribution < 1.29 is 23.8 Å². The number of nitrogens with zero attached hydrogens (tertiary/aromatic N) is 3. The lowest BCUT2D eigenvalue weighted by atomic mass is 9.85. The topological polar surface area (TPSA) is 110 Å². The van der Waals surface area contributed by atoms with E-state index in [9.17, 15) is 4.79 Å². The molecule has 0 aliphatic heterocycles. The van der Waals surface area contributed by atoms with Gasteiger partial charge in [0, 0.05) is 30.3 Å². The summed E-state index contributed by atoms with van der Waals surface area (Å²) < 4.78 is 26.1. The third kappa shape index (κ3) is 5.08. The number of nitrogens with one attached hydrogen (secondary N) is 1. The van der Waals surface area contributed by atoms with Crippen LogP contribution < -0.4 is 9.47 Å². The average molecular weight is 477 g/mol. The van der Waals surface area contributed by atoms with Crippen LogP contribution in [-0.4, -0.2) is 44.2 Å². The van der Waals surface area contributed by atoms with E-state index >= 15 is 4.39 Å². The van der Waals surface area contributed by atoms with Crippen molar-refractivity contribution in [1.29, 1.82) is 0 Å². The zero-order chi connectivity index (χ0) is 24.4. The molecular weight excluding hydrogens is 451 g/mol. The van der Waals surface area contributed by atoms with Crippen LogP contribution in [0.2, 0.25) is 0 Å². The Kier molecular flexibility index (Phi) is 6.31. The number of hydrogen-bond acceptors (Lipinski definition) is 6. The van der Waals surface area contributed by atoms with Crippen molar-refractivity contribution in [3.05, 3.63) is 54.5 Å². The van der Waals surface area contributed by atoms with Crippen LogP contribution in [0.25, 0.3) is 33.7 Å². The van der Waals surface area contributed by atoms with Crippen LogP contribution in [0.1, 0.15) is 32.1 Å². The van der Waals surface area contributed by atoms with Gasteiger partial charge in [0.2, 0.25) is 11.8 Å². The minimum Gasteiger partial charge on any atom is -0.481 e. The average Bonchev–Trinajstić information content (AvgIpc) is 3.28. The third-order valence-corrected chi connectivity index (χ3v) is 6.36. The van der Waals surface area contributed by atoms with E-state index in [-0.39, 0.29) is 18.4 Å². The molecule has 35 heavy (non-hydrogen) atoms. The third-order valence-electron chi connectivity index (χ3n) is 6.36. The van der Waals surface area contributed by atoms with Crippen molar-refractivity contribution in [3.8, 4) is 34.3 Å². The molecule has 0 amide bonds. The lowest BCUT2D eigenvalue weighted by Crippen LogP contribution is -2.25. The van der Waals surface area contributed by atoms with Crippen molar-refractivity contribution in [2.24, 2.45) is 5.92 Å². The number of pyridine rings is 2. The maximum absolute atomic E-state index is 15.0. The van der Waals surface area contributed by atoms with Crippen LogP contribution in [0.4, 0.5) is 4.39 Å². The first-order valence-corrected chi connectivity index (χ1v) is 11.5. The molecule has 8 nitrogen and oxygen atoms in total. The van der Waals surface area contributed by atoms with Gasteiger partial charge >= 0.3 is 5.97 Å². The van der Waals surface area contributed by atoms with E-state index in [1.165, 1.54) is 13.2 Å². The number of carboxylic acid groups (broad SMARTS) is 1. The summed E-state index contributed by atoms with van der Waals surface area (Å²) in [4.78, 5) is 27.1.